The minimum atomic E-state index is -4.46. The van der Waals surface area contributed by atoms with E-state index in [4.69, 9.17) is 4.98 Å². The minimum Gasteiger partial charge on any atom is -0.356 e. The Hall–Kier alpha value is -4.25. The number of anilines is 2. The average Bonchev–Trinajstić information content (AvgIpc) is 3.43. The highest BCUT2D eigenvalue weighted by atomic mass is 32.1. The van der Waals surface area contributed by atoms with Crippen molar-refractivity contribution in [1.29, 1.82) is 0 Å². The molecular formula is C35H37F3N6S. The Morgan fingerprint density at radius 3 is 2.49 bits per heavy atom. The molecule has 1 aliphatic heterocycles. The first kappa shape index (κ1) is 32.2. The zero-order chi connectivity index (χ0) is 32.0. The van der Waals surface area contributed by atoms with Crippen LogP contribution in [0.2, 0.25) is 0 Å². The molecule has 1 fully saturated rings. The number of allylic oxidation sites excluding steroid dienone is 5. The molecule has 10 heteroatoms. The standard InChI is InChI=1S/C35H37F3N6S/c1-5-7-8-10-24(3)39-34-42-32-16-15-31(41-33(32)45-34)27-12-9-11-26(21-27)25(4)40-29-14-13-28(30(22-29)35(36,37)38)23-44-19-17-43(6-2)18-20-44/h5,7-16,21-22,40H,1,4,6,17-20,23H2,2-3H3,(H,39,42)/b8-7-,24-10+. The predicted molar refractivity (Wildman–Crippen MR) is 181 cm³/mol. The molecule has 1 aliphatic rings. The predicted octanol–water partition coefficient (Wildman–Crippen LogP) is 8.66. The number of rotatable bonds is 11. The molecule has 234 valence electrons. The highest BCUT2D eigenvalue weighted by Crippen LogP contribution is 2.36. The van der Waals surface area contributed by atoms with Crippen LogP contribution in [0.5, 0.6) is 0 Å². The first-order valence-corrected chi connectivity index (χ1v) is 15.7. The molecule has 0 bridgehead atoms. The summed E-state index contributed by atoms with van der Waals surface area (Å²) in [6.07, 6.45) is 2.93. The number of nitrogens with one attached hydrogen (secondary N) is 2. The van der Waals surface area contributed by atoms with Gasteiger partial charge in [-0.25, -0.2) is 9.97 Å². The van der Waals surface area contributed by atoms with E-state index in [0.717, 1.165) is 70.7 Å². The fraction of sp³-hybridized carbons (Fsp3) is 0.257. The van der Waals surface area contributed by atoms with Crippen molar-refractivity contribution in [2.24, 2.45) is 0 Å². The number of thiazole rings is 1. The van der Waals surface area contributed by atoms with Gasteiger partial charge in [-0.2, -0.15) is 13.2 Å². The van der Waals surface area contributed by atoms with Crippen LogP contribution in [0.15, 0.2) is 97.8 Å². The smallest absolute Gasteiger partial charge is 0.356 e. The van der Waals surface area contributed by atoms with E-state index < -0.39 is 11.7 Å². The Bertz CT molecular complexity index is 1730. The summed E-state index contributed by atoms with van der Waals surface area (Å²) >= 11 is 1.46. The van der Waals surface area contributed by atoms with Gasteiger partial charge in [0.05, 0.1) is 11.3 Å². The van der Waals surface area contributed by atoms with Gasteiger partial charge in [0, 0.05) is 55.4 Å². The third kappa shape index (κ3) is 8.27. The molecule has 1 saturated heterocycles. The number of piperazine rings is 1. The SMILES string of the molecule is C=C/C=C\C=C(/C)Nc1nc2ccc(-c3cccc(C(=C)Nc4ccc(CN5CCN(CC)CC5)c(C(F)(F)F)c4)c3)nc2s1. The second-order valence-corrected chi connectivity index (χ2v) is 11.9. The molecule has 0 unspecified atom stereocenters. The Labute approximate surface area is 266 Å². The number of hydrogen-bond acceptors (Lipinski definition) is 7. The summed E-state index contributed by atoms with van der Waals surface area (Å²) in [7, 11) is 0. The van der Waals surface area contributed by atoms with E-state index in [2.05, 4.69) is 45.5 Å². The zero-order valence-electron chi connectivity index (χ0n) is 25.5. The Morgan fingerprint density at radius 2 is 1.76 bits per heavy atom. The van der Waals surface area contributed by atoms with Gasteiger partial charge in [0.25, 0.3) is 0 Å². The molecule has 45 heavy (non-hydrogen) atoms. The van der Waals surface area contributed by atoms with Gasteiger partial charge in [0.15, 0.2) is 5.13 Å². The molecule has 2 aromatic heterocycles. The van der Waals surface area contributed by atoms with E-state index in [9.17, 15) is 13.2 Å². The molecule has 0 atom stereocenters. The maximum atomic E-state index is 14.1. The number of aromatic nitrogens is 2. The van der Waals surface area contributed by atoms with Gasteiger partial charge in [0.2, 0.25) is 0 Å². The molecular weight excluding hydrogens is 593 g/mol. The van der Waals surface area contributed by atoms with Gasteiger partial charge in [0.1, 0.15) is 10.3 Å². The molecule has 6 nitrogen and oxygen atoms in total. The van der Waals surface area contributed by atoms with Crippen LogP contribution < -0.4 is 10.6 Å². The van der Waals surface area contributed by atoms with Crippen LogP contribution in [0.4, 0.5) is 24.0 Å². The van der Waals surface area contributed by atoms with Crippen molar-refractivity contribution >= 4 is 38.2 Å². The molecule has 0 amide bonds. The number of halogens is 3. The third-order valence-corrected chi connectivity index (χ3v) is 8.56. The fourth-order valence-electron chi connectivity index (χ4n) is 5.19. The summed E-state index contributed by atoms with van der Waals surface area (Å²) in [6, 6.07) is 15.9. The van der Waals surface area contributed by atoms with Crippen LogP contribution >= 0.6 is 11.3 Å². The number of pyridine rings is 1. The maximum absolute atomic E-state index is 14.1. The lowest BCUT2D eigenvalue weighted by molar-refractivity contribution is -0.138. The summed E-state index contributed by atoms with van der Waals surface area (Å²) in [6.45, 7) is 16.3. The molecule has 0 spiro atoms. The van der Waals surface area contributed by atoms with Gasteiger partial charge in [-0.15, -0.1) is 0 Å². The van der Waals surface area contributed by atoms with Crippen molar-refractivity contribution in [3.63, 3.8) is 0 Å². The summed E-state index contributed by atoms with van der Waals surface area (Å²) < 4.78 is 42.4. The summed E-state index contributed by atoms with van der Waals surface area (Å²) in [4.78, 5) is 14.6. The highest BCUT2D eigenvalue weighted by molar-refractivity contribution is 7.21. The lowest BCUT2D eigenvalue weighted by Gasteiger charge is -2.34. The third-order valence-electron chi connectivity index (χ3n) is 7.68. The first-order valence-electron chi connectivity index (χ1n) is 14.8. The Kier molecular flexibility index (Phi) is 10.2. The van der Waals surface area contributed by atoms with Crippen molar-refractivity contribution in [1.82, 2.24) is 19.8 Å². The summed E-state index contributed by atoms with van der Waals surface area (Å²) in [5.41, 5.74) is 4.59. The van der Waals surface area contributed by atoms with Crippen molar-refractivity contribution < 1.29 is 13.2 Å². The molecule has 0 saturated carbocycles. The van der Waals surface area contributed by atoms with Crippen molar-refractivity contribution in [3.05, 3.63) is 114 Å². The molecule has 4 aromatic rings. The van der Waals surface area contributed by atoms with Crippen molar-refractivity contribution in [2.45, 2.75) is 26.6 Å². The number of alkyl halides is 3. The largest absolute Gasteiger partial charge is 0.416 e. The maximum Gasteiger partial charge on any atom is 0.416 e. The Balaban J connectivity index is 1.30. The second kappa shape index (κ2) is 14.2. The summed E-state index contributed by atoms with van der Waals surface area (Å²) in [5, 5.41) is 7.12. The van der Waals surface area contributed by atoms with E-state index in [1.54, 1.807) is 18.2 Å². The quantitative estimate of drug-likeness (QED) is 0.162. The number of benzene rings is 2. The lowest BCUT2D eigenvalue weighted by Crippen LogP contribution is -2.45. The minimum absolute atomic E-state index is 0.272. The van der Waals surface area contributed by atoms with E-state index in [-0.39, 0.29) is 12.1 Å². The first-order chi connectivity index (χ1) is 21.6. The van der Waals surface area contributed by atoms with Gasteiger partial charge in [-0.1, -0.05) is 73.9 Å². The molecule has 2 aromatic carbocycles. The van der Waals surface area contributed by atoms with Crippen molar-refractivity contribution in [2.75, 3.05) is 43.4 Å². The van der Waals surface area contributed by atoms with Crippen LogP contribution in [-0.2, 0) is 12.7 Å². The van der Waals surface area contributed by atoms with Crippen LogP contribution in [-0.4, -0.2) is 52.5 Å². The van der Waals surface area contributed by atoms with E-state index >= 15 is 0 Å². The van der Waals surface area contributed by atoms with Gasteiger partial charge >= 0.3 is 6.18 Å². The second-order valence-electron chi connectivity index (χ2n) is 10.9. The van der Waals surface area contributed by atoms with Crippen LogP contribution in [0.25, 0.3) is 27.3 Å². The molecule has 0 aliphatic carbocycles. The number of fused-ring (bicyclic) bond motifs is 1. The van der Waals surface area contributed by atoms with Crippen LogP contribution in [0, 0.1) is 0 Å². The Morgan fingerprint density at radius 1 is 0.978 bits per heavy atom. The zero-order valence-corrected chi connectivity index (χ0v) is 26.3. The van der Waals surface area contributed by atoms with Crippen molar-refractivity contribution in [3.8, 4) is 11.3 Å². The van der Waals surface area contributed by atoms with E-state index in [1.165, 1.54) is 17.4 Å². The van der Waals surface area contributed by atoms with Crippen LogP contribution in [0.1, 0.15) is 30.5 Å². The topological polar surface area (TPSA) is 56.3 Å². The highest BCUT2D eigenvalue weighted by Gasteiger charge is 2.34. The number of likely N-dealkylation sites (N-methyl/N-ethyl adjacent to an activating group) is 1. The molecule has 0 radical (unpaired) electrons. The van der Waals surface area contributed by atoms with Gasteiger partial charge in [-0.3, -0.25) is 4.90 Å². The van der Waals surface area contributed by atoms with Gasteiger partial charge < -0.3 is 15.5 Å². The lowest BCUT2D eigenvalue weighted by atomic mass is 10.0. The average molecular weight is 631 g/mol. The van der Waals surface area contributed by atoms with Gasteiger partial charge in [-0.05, 0) is 61.0 Å². The van der Waals surface area contributed by atoms with E-state index in [0.29, 0.717) is 11.4 Å². The van der Waals surface area contributed by atoms with Crippen LogP contribution in [0.3, 0.4) is 0 Å². The normalized spacial score (nSPS) is 15.1. The fourth-order valence-corrected chi connectivity index (χ4v) is 6.09. The van der Waals surface area contributed by atoms with E-state index in [1.807, 2.05) is 61.5 Å². The number of nitrogens with zero attached hydrogens (tertiary/aromatic N) is 4. The molecule has 2 N–H and O–H groups in total. The molecule has 5 rings (SSSR count). The number of hydrogen-bond donors (Lipinski definition) is 2. The molecule has 3 heterocycles. The monoisotopic (exact) mass is 630 g/mol. The summed E-state index contributed by atoms with van der Waals surface area (Å²) in [5.74, 6) is 0.